The molecule has 0 spiro atoms. The predicted octanol–water partition coefficient (Wildman–Crippen LogP) is 4.35. The highest BCUT2D eigenvalue weighted by atomic mass is 35.5. The number of hydrogen-bond acceptors (Lipinski definition) is 4. The molecule has 0 aliphatic rings. The molecule has 2 rings (SSSR count). The molecule has 1 aromatic carbocycles. The van der Waals surface area contributed by atoms with Gasteiger partial charge in [-0.2, -0.15) is 9.37 Å². The molecule has 108 valence electrons. The lowest BCUT2D eigenvalue weighted by Crippen LogP contribution is -2.10. The van der Waals surface area contributed by atoms with Gasteiger partial charge in [-0.1, -0.05) is 17.7 Å². The lowest BCUT2D eigenvalue weighted by atomic mass is 10.3. The molecule has 0 unspecified atom stereocenters. The largest absolute Gasteiger partial charge is 0.473 e. The van der Waals surface area contributed by atoms with Gasteiger partial charge in [0.05, 0.1) is 23.4 Å². The van der Waals surface area contributed by atoms with Crippen molar-refractivity contribution in [2.75, 3.05) is 5.32 Å². The van der Waals surface area contributed by atoms with Crippen molar-refractivity contribution < 1.29 is 9.13 Å². The first-order chi connectivity index (χ1) is 10.0. The molecule has 1 aromatic heterocycles. The van der Waals surface area contributed by atoms with Crippen LogP contribution in [-0.2, 0) is 0 Å². The Balaban J connectivity index is 2.30. The first-order valence-corrected chi connectivity index (χ1v) is 6.50. The molecule has 5 nitrogen and oxygen atoms in total. The Labute approximate surface area is 126 Å². The van der Waals surface area contributed by atoms with Crippen molar-refractivity contribution in [2.24, 2.45) is 0 Å². The average molecular weight is 307 g/mol. The molecule has 0 aliphatic carbocycles. The van der Waals surface area contributed by atoms with Crippen molar-refractivity contribution in [1.82, 2.24) is 9.97 Å². The molecule has 0 atom stereocenters. The third-order valence-electron chi connectivity index (χ3n) is 2.44. The monoisotopic (exact) mass is 306 g/mol. The summed E-state index contributed by atoms with van der Waals surface area (Å²) in [5.41, 5.74) is 0.842. The summed E-state index contributed by atoms with van der Waals surface area (Å²) in [5.74, 6) is -0.869. The Kier molecular flexibility index (Phi) is 4.55. The van der Waals surface area contributed by atoms with E-state index in [1.807, 2.05) is 0 Å². The van der Waals surface area contributed by atoms with E-state index in [0.717, 1.165) is 0 Å². The Morgan fingerprint density at radius 3 is 2.76 bits per heavy atom. The summed E-state index contributed by atoms with van der Waals surface area (Å²) < 4.78 is 19.4. The SMILES string of the molecule is [C-]#[N+]c1ccc(Nc2ncnc(OC(C)C)c2F)c(Cl)c1. The fraction of sp³-hybridized carbons (Fsp3) is 0.214. The first-order valence-electron chi connectivity index (χ1n) is 6.12. The van der Waals surface area contributed by atoms with Crippen LogP contribution in [0.25, 0.3) is 4.85 Å². The minimum Gasteiger partial charge on any atom is -0.473 e. The molecular formula is C14H12ClFN4O. The van der Waals surface area contributed by atoms with Crippen LogP contribution in [0.5, 0.6) is 5.88 Å². The molecule has 0 amide bonds. The summed E-state index contributed by atoms with van der Waals surface area (Å²) in [7, 11) is 0. The number of nitrogens with zero attached hydrogens (tertiary/aromatic N) is 3. The number of rotatable bonds is 4. The van der Waals surface area contributed by atoms with Gasteiger partial charge in [-0.3, -0.25) is 0 Å². The van der Waals surface area contributed by atoms with Crippen LogP contribution in [0.4, 0.5) is 21.6 Å². The summed E-state index contributed by atoms with van der Waals surface area (Å²) >= 11 is 6.03. The van der Waals surface area contributed by atoms with Gasteiger partial charge < -0.3 is 10.1 Å². The fourth-order valence-corrected chi connectivity index (χ4v) is 1.77. The van der Waals surface area contributed by atoms with Crippen molar-refractivity contribution in [3.8, 4) is 5.88 Å². The van der Waals surface area contributed by atoms with Crippen LogP contribution in [0.3, 0.4) is 0 Å². The summed E-state index contributed by atoms with van der Waals surface area (Å²) in [4.78, 5) is 10.8. The highest BCUT2D eigenvalue weighted by molar-refractivity contribution is 6.33. The second-order valence-corrected chi connectivity index (χ2v) is 4.82. The average Bonchev–Trinajstić information content (AvgIpc) is 2.44. The number of nitrogens with one attached hydrogen (secondary N) is 1. The molecular weight excluding hydrogens is 295 g/mol. The van der Waals surface area contributed by atoms with Gasteiger partial charge in [0.15, 0.2) is 11.5 Å². The molecule has 0 bridgehead atoms. The molecule has 2 aromatic rings. The number of benzene rings is 1. The van der Waals surface area contributed by atoms with E-state index in [1.54, 1.807) is 26.0 Å². The van der Waals surface area contributed by atoms with Crippen molar-refractivity contribution in [3.63, 3.8) is 0 Å². The third-order valence-corrected chi connectivity index (χ3v) is 2.75. The maximum Gasteiger partial charge on any atom is 0.256 e. The second kappa shape index (κ2) is 6.37. The van der Waals surface area contributed by atoms with E-state index >= 15 is 0 Å². The molecule has 1 heterocycles. The molecule has 1 N–H and O–H groups in total. The van der Waals surface area contributed by atoms with Crippen molar-refractivity contribution in [1.29, 1.82) is 0 Å². The number of anilines is 2. The fourth-order valence-electron chi connectivity index (χ4n) is 1.55. The van der Waals surface area contributed by atoms with E-state index in [4.69, 9.17) is 22.9 Å². The molecule has 21 heavy (non-hydrogen) atoms. The third kappa shape index (κ3) is 3.58. The van der Waals surface area contributed by atoms with Gasteiger partial charge in [0.25, 0.3) is 5.88 Å². The summed E-state index contributed by atoms with van der Waals surface area (Å²) in [6.45, 7) is 10.5. The zero-order chi connectivity index (χ0) is 15.4. The maximum absolute atomic E-state index is 14.2. The van der Waals surface area contributed by atoms with Crippen molar-refractivity contribution in [3.05, 3.63) is 46.8 Å². The molecule has 7 heteroatoms. The zero-order valence-electron chi connectivity index (χ0n) is 11.4. The summed E-state index contributed by atoms with van der Waals surface area (Å²) in [6.07, 6.45) is 0.994. The quantitative estimate of drug-likeness (QED) is 0.853. The number of hydrogen-bond donors (Lipinski definition) is 1. The molecule has 0 aliphatic heterocycles. The first kappa shape index (κ1) is 15.0. The standard InChI is InChI=1S/C14H12ClFN4O/c1-8(2)21-14-12(16)13(18-7-19-14)20-11-5-4-9(17-3)6-10(11)15/h4-8H,1-2H3,(H,18,19,20). The topological polar surface area (TPSA) is 51.4 Å². The van der Waals surface area contributed by atoms with Crippen LogP contribution in [-0.4, -0.2) is 16.1 Å². The smallest absolute Gasteiger partial charge is 0.256 e. The summed E-state index contributed by atoms with van der Waals surface area (Å²) in [6, 6.07) is 4.65. The highest BCUT2D eigenvalue weighted by Gasteiger charge is 2.14. The van der Waals surface area contributed by atoms with Gasteiger partial charge in [-0.05, 0) is 26.0 Å². The van der Waals surface area contributed by atoms with Crippen LogP contribution < -0.4 is 10.1 Å². The molecule has 0 fully saturated rings. The summed E-state index contributed by atoms with van der Waals surface area (Å²) in [5, 5.41) is 3.06. The van der Waals surface area contributed by atoms with Crippen LogP contribution in [0, 0.1) is 12.4 Å². The minimum absolute atomic E-state index is 0.0434. The van der Waals surface area contributed by atoms with E-state index in [-0.39, 0.29) is 17.8 Å². The van der Waals surface area contributed by atoms with Gasteiger partial charge in [0.2, 0.25) is 5.82 Å². The van der Waals surface area contributed by atoms with Gasteiger partial charge in [-0.15, -0.1) is 0 Å². The lowest BCUT2D eigenvalue weighted by Gasteiger charge is -2.12. The zero-order valence-corrected chi connectivity index (χ0v) is 12.1. The lowest BCUT2D eigenvalue weighted by molar-refractivity contribution is 0.220. The number of halogens is 2. The van der Waals surface area contributed by atoms with Crippen LogP contribution in [0.1, 0.15) is 13.8 Å². The predicted molar refractivity (Wildman–Crippen MR) is 78.8 cm³/mol. The molecule has 0 radical (unpaired) electrons. The Bertz CT molecular complexity index is 700. The van der Waals surface area contributed by atoms with Gasteiger partial charge >= 0.3 is 0 Å². The van der Waals surface area contributed by atoms with Crippen molar-refractivity contribution >= 4 is 28.8 Å². The Morgan fingerprint density at radius 2 is 2.14 bits per heavy atom. The van der Waals surface area contributed by atoms with Crippen LogP contribution in [0.2, 0.25) is 5.02 Å². The Morgan fingerprint density at radius 1 is 1.38 bits per heavy atom. The maximum atomic E-state index is 14.2. The van der Waals surface area contributed by atoms with Gasteiger partial charge in [0, 0.05) is 0 Å². The number of ether oxygens (including phenoxy) is 1. The van der Waals surface area contributed by atoms with Crippen LogP contribution >= 0.6 is 11.6 Å². The van der Waals surface area contributed by atoms with Gasteiger partial charge in [0.1, 0.15) is 6.33 Å². The number of aromatic nitrogens is 2. The van der Waals surface area contributed by atoms with Crippen molar-refractivity contribution in [2.45, 2.75) is 20.0 Å². The van der Waals surface area contributed by atoms with E-state index in [9.17, 15) is 4.39 Å². The van der Waals surface area contributed by atoms with Gasteiger partial charge in [-0.25, -0.2) is 9.83 Å². The normalized spacial score (nSPS) is 10.3. The Hall–Kier alpha value is -2.39. The van der Waals surface area contributed by atoms with E-state index < -0.39 is 5.82 Å². The van der Waals surface area contributed by atoms with E-state index in [1.165, 1.54) is 12.4 Å². The molecule has 0 saturated carbocycles. The van der Waals surface area contributed by atoms with Crippen LogP contribution in [0.15, 0.2) is 24.5 Å². The highest BCUT2D eigenvalue weighted by Crippen LogP contribution is 2.31. The van der Waals surface area contributed by atoms with E-state index in [2.05, 4.69) is 20.1 Å². The minimum atomic E-state index is -0.698. The van der Waals surface area contributed by atoms with E-state index in [0.29, 0.717) is 16.4 Å². The second-order valence-electron chi connectivity index (χ2n) is 4.41. The molecule has 0 saturated heterocycles.